The normalized spacial score (nSPS) is 16.4. The van der Waals surface area contributed by atoms with Gasteiger partial charge in [0.25, 0.3) is 0 Å². The van der Waals surface area contributed by atoms with E-state index in [0.717, 1.165) is 0 Å². The predicted molar refractivity (Wildman–Crippen MR) is 29.6 cm³/mol. The molecule has 0 bridgehead atoms. The van der Waals surface area contributed by atoms with Crippen molar-refractivity contribution in [2.75, 3.05) is 6.54 Å². The number of hydrogen-bond donors (Lipinski definition) is 0. The third-order valence-corrected chi connectivity index (χ3v) is 1.07. The minimum atomic E-state index is -5.68. The molecule has 0 spiro atoms. The Morgan fingerprint density at radius 3 is 1.38 bits per heavy atom. The third kappa shape index (κ3) is 4.51. The minimum Gasteiger partial charge on any atom is -0.229 e. The van der Waals surface area contributed by atoms with Crippen LogP contribution in [-0.2, 0) is 0 Å². The molecule has 1 nitrogen and oxygen atoms in total. The van der Waals surface area contributed by atoms with Gasteiger partial charge in [0.1, 0.15) is 0 Å². The molecule has 0 aliphatic carbocycles. The second kappa shape index (κ2) is 3.87. The maximum Gasteiger partial charge on any atom is 0.467 e. The molecule has 0 aliphatic rings. The van der Waals surface area contributed by atoms with Crippen LogP contribution >= 0.6 is 11.6 Å². The summed E-state index contributed by atoms with van der Waals surface area (Å²) in [5, 5.41) is 0. The summed E-state index contributed by atoms with van der Waals surface area (Å²) in [7, 11) is 0. The summed E-state index contributed by atoms with van der Waals surface area (Å²) in [6.07, 6.45) is -11.4. The van der Waals surface area contributed by atoms with E-state index in [2.05, 4.69) is 11.6 Å². The molecule has 9 heteroatoms. The van der Waals surface area contributed by atoms with Gasteiger partial charge in [-0.15, -0.1) is 4.90 Å². The monoisotopic (exact) mass is 233 g/mol. The Morgan fingerprint density at radius 1 is 1.00 bits per heavy atom. The Kier molecular flexibility index (Phi) is 3.80. The second-order valence-electron chi connectivity index (χ2n) is 1.94. The summed E-state index contributed by atoms with van der Waals surface area (Å²) in [6.45, 7) is -1.98. The molecule has 0 rings (SSSR count). The highest BCUT2D eigenvalue weighted by atomic mass is 35.5. The largest absolute Gasteiger partial charge is 0.467 e. The van der Waals surface area contributed by atoms with Gasteiger partial charge >= 0.3 is 12.6 Å². The Hall–Kier alpha value is -0.240. The molecule has 0 saturated carbocycles. The van der Waals surface area contributed by atoms with Crippen LogP contribution in [0.25, 0.3) is 0 Å². The van der Waals surface area contributed by atoms with Gasteiger partial charge in [0, 0.05) is 0 Å². The summed E-state index contributed by atoms with van der Waals surface area (Å²) in [5.74, 6) is 0. The van der Waals surface area contributed by atoms with Crippen LogP contribution in [0.15, 0.2) is 0 Å². The van der Waals surface area contributed by atoms with Gasteiger partial charge in [-0.1, -0.05) is 11.6 Å². The smallest absolute Gasteiger partial charge is 0.229 e. The first-order chi connectivity index (χ1) is 5.55. The lowest BCUT2D eigenvalue weighted by molar-refractivity contribution is -0.373. The Bertz CT molecular complexity index is 147. The number of alkyl halides is 8. The van der Waals surface area contributed by atoms with E-state index in [1.54, 1.807) is 0 Å². The zero-order chi connectivity index (χ0) is 10.9. The summed E-state index contributed by atoms with van der Waals surface area (Å²) in [5.41, 5.74) is -2.73. The van der Waals surface area contributed by atoms with E-state index in [4.69, 9.17) is 0 Å². The van der Waals surface area contributed by atoms with Crippen LogP contribution in [-0.4, -0.2) is 29.7 Å². The predicted octanol–water partition coefficient (Wildman–Crippen LogP) is 2.86. The van der Waals surface area contributed by atoms with Gasteiger partial charge in [0.2, 0.25) is 0 Å². The molecular weight excluding hydrogens is 230 g/mol. The minimum absolute atomic E-state index is 1.93. The zero-order valence-electron chi connectivity index (χ0n) is 5.76. The average Bonchev–Trinajstić information content (AvgIpc) is 1.77. The van der Waals surface area contributed by atoms with Gasteiger partial charge in [-0.05, 0) is 0 Å². The average molecular weight is 234 g/mol. The van der Waals surface area contributed by atoms with Crippen LogP contribution in [0.4, 0.5) is 30.7 Å². The molecule has 0 N–H and O–H groups in total. The standard InChI is InChI=1S/C4H3ClF7N/c5-2(6)1-13(3(7,8)9)4(10,11)12/h2H,1H2. The molecule has 1 unspecified atom stereocenters. The highest BCUT2D eigenvalue weighted by molar-refractivity contribution is 6.19. The molecule has 13 heavy (non-hydrogen) atoms. The van der Waals surface area contributed by atoms with Gasteiger partial charge in [0.05, 0.1) is 6.54 Å². The maximum atomic E-state index is 11.7. The van der Waals surface area contributed by atoms with Crippen LogP contribution in [0.2, 0.25) is 0 Å². The van der Waals surface area contributed by atoms with Crippen molar-refractivity contribution in [3.8, 4) is 0 Å². The number of rotatable bonds is 2. The fourth-order valence-corrected chi connectivity index (χ4v) is 0.627. The highest BCUT2D eigenvalue weighted by Crippen LogP contribution is 2.33. The van der Waals surface area contributed by atoms with E-state index in [1.807, 2.05) is 0 Å². The first-order valence-electron chi connectivity index (χ1n) is 2.74. The molecular formula is C4H3ClF7N. The molecule has 0 aromatic carbocycles. The Morgan fingerprint density at radius 2 is 1.31 bits per heavy atom. The van der Waals surface area contributed by atoms with Crippen LogP contribution in [0.3, 0.4) is 0 Å². The summed E-state index contributed by atoms with van der Waals surface area (Å²) in [6, 6.07) is 0. The summed E-state index contributed by atoms with van der Waals surface area (Å²) in [4.78, 5) is -1.93. The molecule has 0 aromatic rings. The van der Waals surface area contributed by atoms with Gasteiger partial charge in [0.15, 0.2) is 5.63 Å². The molecule has 0 aromatic heterocycles. The van der Waals surface area contributed by atoms with Crippen LogP contribution in [0.1, 0.15) is 0 Å². The fraction of sp³-hybridized carbons (Fsp3) is 1.00. The van der Waals surface area contributed by atoms with Crippen LogP contribution < -0.4 is 0 Å². The van der Waals surface area contributed by atoms with Gasteiger partial charge < -0.3 is 0 Å². The topological polar surface area (TPSA) is 3.24 Å². The number of nitrogens with zero attached hydrogens (tertiary/aromatic N) is 1. The number of hydrogen-bond acceptors (Lipinski definition) is 1. The SMILES string of the molecule is FC(Cl)CN(C(F)(F)F)C(F)(F)F. The lowest BCUT2D eigenvalue weighted by Gasteiger charge is -2.26. The first kappa shape index (κ1) is 12.8. The van der Waals surface area contributed by atoms with Crippen molar-refractivity contribution in [3.05, 3.63) is 0 Å². The molecule has 0 amide bonds. The van der Waals surface area contributed by atoms with Crippen LogP contribution in [0, 0.1) is 0 Å². The molecule has 0 saturated heterocycles. The van der Waals surface area contributed by atoms with E-state index in [9.17, 15) is 30.7 Å². The van der Waals surface area contributed by atoms with E-state index in [1.165, 1.54) is 0 Å². The first-order valence-corrected chi connectivity index (χ1v) is 3.18. The van der Waals surface area contributed by atoms with Crippen molar-refractivity contribution in [1.82, 2.24) is 4.90 Å². The van der Waals surface area contributed by atoms with Crippen LogP contribution in [0.5, 0.6) is 0 Å². The zero-order valence-corrected chi connectivity index (χ0v) is 6.51. The fourth-order valence-electron chi connectivity index (χ4n) is 0.489. The van der Waals surface area contributed by atoms with E-state index in [0.29, 0.717) is 0 Å². The Balaban J connectivity index is 4.58. The van der Waals surface area contributed by atoms with Gasteiger partial charge in [-0.3, -0.25) is 0 Å². The molecule has 0 radical (unpaired) electrons. The van der Waals surface area contributed by atoms with Crippen molar-refractivity contribution in [3.63, 3.8) is 0 Å². The lowest BCUT2D eigenvalue weighted by atomic mass is 10.6. The molecule has 0 fully saturated rings. The van der Waals surface area contributed by atoms with Crippen molar-refractivity contribution < 1.29 is 30.7 Å². The van der Waals surface area contributed by atoms with Gasteiger partial charge in [-0.2, -0.15) is 26.3 Å². The molecule has 0 aliphatic heterocycles. The third-order valence-electron chi connectivity index (χ3n) is 0.933. The summed E-state index contributed by atoms with van der Waals surface area (Å²) < 4.78 is 81.1. The molecule has 0 heterocycles. The van der Waals surface area contributed by atoms with Crippen molar-refractivity contribution >= 4 is 11.6 Å². The van der Waals surface area contributed by atoms with E-state index < -0.39 is 29.7 Å². The number of halogens is 8. The van der Waals surface area contributed by atoms with Crippen molar-refractivity contribution in [2.24, 2.45) is 0 Å². The van der Waals surface area contributed by atoms with Crippen molar-refractivity contribution in [2.45, 2.75) is 18.2 Å². The quantitative estimate of drug-likeness (QED) is 0.403. The van der Waals surface area contributed by atoms with E-state index in [-0.39, 0.29) is 0 Å². The highest BCUT2D eigenvalue weighted by Gasteiger charge is 2.54. The lowest BCUT2D eigenvalue weighted by Crippen LogP contribution is -2.50. The maximum absolute atomic E-state index is 11.7. The Labute approximate surface area is 73.1 Å². The van der Waals surface area contributed by atoms with E-state index >= 15 is 0 Å². The van der Waals surface area contributed by atoms with Gasteiger partial charge in [-0.25, -0.2) is 4.39 Å². The second-order valence-corrected chi connectivity index (χ2v) is 2.41. The van der Waals surface area contributed by atoms with Crippen molar-refractivity contribution in [1.29, 1.82) is 0 Å². The molecule has 1 atom stereocenters. The summed E-state index contributed by atoms with van der Waals surface area (Å²) >= 11 is 4.38. The molecule has 80 valence electrons.